The number of nitrogens with one attached hydrogen (secondary N) is 1. The van der Waals surface area contributed by atoms with Crippen LogP contribution < -0.4 is 5.43 Å². The summed E-state index contributed by atoms with van der Waals surface area (Å²) in [5.74, 6) is 0.444. The number of fused-ring (bicyclic) bond motifs is 1. The minimum absolute atomic E-state index is 0.116. The molecule has 0 aliphatic heterocycles. The van der Waals surface area contributed by atoms with E-state index in [9.17, 15) is 4.79 Å². The Labute approximate surface area is 169 Å². The van der Waals surface area contributed by atoms with E-state index in [1.165, 1.54) is 0 Å². The van der Waals surface area contributed by atoms with Crippen LogP contribution in [0.1, 0.15) is 36.2 Å². The highest BCUT2D eigenvalue weighted by atomic mass is 35.5. The number of nitrogens with zero attached hydrogens (tertiary/aromatic N) is 3. The van der Waals surface area contributed by atoms with Crippen molar-refractivity contribution in [2.75, 3.05) is 5.88 Å². The lowest BCUT2D eigenvalue weighted by Crippen LogP contribution is -2.21. The number of aromatic nitrogens is 2. The van der Waals surface area contributed by atoms with Crippen molar-refractivity contribution in [3.8, 4) is 0 Å². The summed E-state index contributed by atoms with van der Waals surface area (Å²) in [5.41, 5.74) is 7.06. The first kappa shape index (κ1) is 20.0. The molecule has 0 atom stereocenters. The van der Waals surface area contributed by atoms with Gasteiger partial charge in [0.05, 0.1) is 16.9 Å². The molecule has 0 bridgehead atoms. The number of carbonyl (C=O) groups is 1. The maximum absolute atomic E-state index is 12.1. The van der Waals surface area contributed by atoms with Crippen LogP contribution in [0.15, 0.2) is 59.8 Å². The molecule has 0 unspecified atom stereocenters. The van der Waals surface area contributed by atoms with Crippen LogP contribution in [-0.2, 0) is 11.2 Å². The summed E-state index contributed by atoms with van der Waals surface area (Å²) < 4.78 is 0. The Bertz CT molecular complexity index is 982. The maximum atomic E-state index is 12.1. The zero-order valence-corrected chi connectivity index (χ0v) is 16.6. The number of unbranched alkanes of at least 4 members (excludes halogenated alkanes) is 1. The lowest BCUT2D eigenvalue weighted by atomic mass is 10.0. The number of pyridine rings is 2. The van der Waals surface area contributed by atoms with Crippen molar-refractivity contribution in [2.45, 2.75) is 32.6 Å². The SMILES string of the molecule is Cc1cccc(C(Cc2ccnc3ccccc23)=NNC(=O)CCCCCl)n1. The molecule has 0 fully saturated rings. The van der Waals surface area contributed by atoms with Gasteiger partial charge in [-0.25, -0.2) is 5.43 Å². The zero-order valence-electron chi connectivity index (χ0n) is 15.9. The fraction of sp³-hybridized carbons (Fsp3) is 0.273. The molecule has 0 saturated carbocycles. The van der Waals surface area contributed by atoms with Crippen LogP contribution >= 0.6 is 11.6 Å². The molecule has 2 aromatic heterocycles. The van der Waals surface area contributed by atoms with E-state index in [1.807, 2.05) is 55.5 Å². The van der Waals surface area contributed by atoms with Gasteiger partial charge < -0.3 is 0 Å². The molecule has 1 N–H and O–H groups in total. The van der Waals surface area contributed by atoms with Gasteiger partial charge in [0.15, 0.2) is 0 Å². The lowest BCUT2D eigenvalue weighted by Gasteiger charge is -2.10. The second kappa shape index (κ2) is 9.95. The molecular formula is C22H23ClN4O. The summed E-state index contributed by atoms with van der Waals surface area (Å²) in [6.45, 7) is 1.94. The van der Waals surface area contributed by atoms with E-state index < -0.39 is 0 Å². The lowest BCUT2D eigenvalue weighted by molar-refractivity contribution is -0.121. The number of amides is 1. The van der Waals surface area contributed by atoms with Crippen molar-refractivity contribution in [1.29, 1.82) is 0 Å². The number of rotatable bonds is 8. The highest BCUT2D eigenvalue weighted by molar-refractivity contribution is 6.17. The normalized spacial score (nSPS) is 11.6. The summed E-state index contributed by atoms with van der Waals surface area (Å²) in [5, 5.41) is 5.49. The summed E-state index contributed by atoms with van der Waals surface area (Å²) in [4.78, 5) is 21.1. The van der Waals surface area contributed by atoms with Crippen molar-refractivity contribution in [2.24, 2.45) is 5.10 Å². The van der Waals surface area contributed by atoms with Crippen molar-refractivity contribution in [3.05, 3.63) is 71.7 Å². The number of hydrazone groups is 1. The maximum Gasteiger partial charge on any atom is 0.240 e. The molecule has 6 heteroatoms. The summed E-state index contributed by atoms with van der Waals surface area (Å²) >= 11 is 5.67. The summed E-state index contributed by atoms with van der Waals surface area (Å²) in [7, 11) is 0. The molecule has 5 nitrogen and oxygen atoms in total. The van der Waals surface area contributed by atoms with Gasteiger partial charge in [0, 0.05) is 36.0 Å². The molecular weight excluding hydrogens is 372 g/mol. The van der Waals surface area contributed by atoms with Gasteiger partial charge in [-0.1, -0.05) is 24.3 Å². The quantitative estimate of drug-likeness (QED) is 0.266. The number of halogens is 1. The number of benzene rings is 1. The Kier molecular flexibility index (Phi) is 7.09. The van der Waals surface area contributed by atoms with Crippen molar-refractivity contribution in [1.82, 2.24) is 15.4 Å². The monoisotopic (exact) mass is 394 g/mol. The Morgan fingerprint density at radius 2 is 1.96 bits per heavy atom. The van der Waals surface area contributed by atoms with E-state index in [-0.39, 0.29) is 5.91 Å². The molecule has 0 saturated heterocycles. The highest BCUT2D eigenvalue weighted by Crippen LogP contribution is 2.18. The fourth-order valence-electron chi connectivity index (χ4n) is 2.95. The summed E-state index contributed by atoms with van der Waals surface area (Å²) in [6, 6.07) is 15.8. The Hall–Kier alpha value is -2.79. The predicted molar refractivity (Wildman–Crippen MR) is 114 cm³/mol. The van der Waals surface area contributed by atoms with Gasteiger partial charge in [0.25, 0.3) is 0 Å². The molecule has 0 aliphatic carbocycles. The first-order chi connectivity index (χ1) is 13.7. The topological polar surface area (TPSA) is 67.2 Å². The summed E-state index contributed by atoms with van der Waals surface area (Å²) in [6.07, 6.45) is 4.31. The Morgan fingerprint density at radius 3 is 2.79 bits per heavy atom. The molecule has 144 valence electrons. The number of aryl methyl sites for hydroxylation is 1. The third kappa shape index (κ3) is 5.36. The second-order valence-corrected chi connectivity index (χ2v) is 6.95. The van der Waals surface area contributed by atoms with E-state index in [1.54, 1.807) is 6.20 Å². The van der Waals surface area contributed by atoms with Gasteiger partial charge in [-0.2, -0.15) is 5.10 Å². The van der Waals surface area contributed by atoms with Crippen LogP contribution in [0, 0.1) is 6.92 Å². The second-order valence-electron chi connectivity index (χ2n) is 6.57. The minimum atomic E-state index is -0.116. The molecule has 3 rings (SSSR count). The average Bonchev–Trinajstić information content (AvgIpc) is 2.71. The fourth-order valence-corrected chi connectivity index (χ4v) is 3.14. The number of hydrogen-bond acceptors (Lipinski definition) is 4. The van der Waals surface area contributed by atoms with Crippen LogP contribution in [0.5, 0.6) is 0 Å². The van der Waals surface area contributed by atoms with E-state index in [0.29, 0.717) is 24.4 Å². The Morgan fingerprint density at radius 1 is 1.11 bits per heavy atom. The van der Waals surface area contributed by atoms with Crippen molar-refractivity contribution >= 4 is 34.1 Å². The third-order valence-electron chi connectivity index (χ3n) is 4.38. The molecule has 1 amide bonds. The first-order valence-electron chi connectivity index (χ1n) is 9.35. The van der Waals surface area contributed by atoms with Crippen LogP contribution in [0.3, 0.4) is 0 Å². The van der Waals surface area contributed by atoms with E-state index in [0.717, 1.165) is 40.7 Å². The van der Waals surface area contributed by atoms with Gasteiger partial charge in [-0.15, -0.1) is 11.6 Å². The number of carbonyl (C=O) groups excluding carboxylic acids is 1. The minimum Gasteiger partial charge on any atom is -0.273 e. The number of alkyl halides is 1. The molecule has 3 aromatic rings. The molecule has 0 spiro atoms. The highest BCUT2D eigenvalue weighted by Gasteiger charge is 2.11. The molecule has 28 heavy (non-hydrogen) atoms. The molecule has 2 heterocycles. The van der Waals surface area contributed by atoms with Gasteiger partial charge in [0.1, 0.15) is 0 Å². The van der Waals surface area contributed by atoms with Crippen molar-refractivity contribution < 1.29 is 4.79 Å². The van der Waals surface area contributed by atoms with E-state index >= 15 is 0 Å². The third-order valence-corrected chi connectivity index (χ3v) is 4.65. The van der Waals surface area contributed by atoms with Crippen LogP contribution in [0.25, 0.3) is 10.9 Å². The molecule has 1 aromatic carbocycles. The largest absolute Gasteiger partial charge is 0.273 e. The van der Waals surface area contributed by atoms with Gasteiger partial charge in [-0.3, -0.25) is 14.8 Å². The van der Waals surface area contributed by atoms with Gasteiger partial charge in [0.2, 0.25) is 5.91 Å². The average molecular weight is 395 g/mol. The zero-order chi connectivity index (χ0) is 19.8. The standard InChI is InChI=1S/C22H23ClN4O/c1-16-7-6-10-20(25-16)21(26-27-22(28)11-4-5-13-23)15-17-12-14-24-19-9-3-2-8-18(17)19/h2-3,6-10,12,14H,4-5,11,13,15H2,1H3,(H,27,28). The predicted octanol–water partition coefficient (Wildman–Crippen LogP) is 4.41. The molecule has 0 aliphatic rings. The van der Waals surface area contributed by atoms with Crippen LogP contribution in [0.2, 0.25) is 0 Å². The molecule has 0 radical (unpaired) electrons. The van der Waals surface area contributed by atoms with Crippen LogP contribution in [0.4, 0.5) is 0 Å². The first-order valence-corrected chi connectivity index (χ1v) is 9.89. The van der Waals surface area contributed by atoms with Gasteiger partial charge in [-0.05, 0) is 49.6 Å². The number of para-hydroxylation sites is 1. The van der Waals surface area contributed by atoms with E-state index in [4.69, 9.17) is 11.6 Å². The van der Waals surface area contributed by atoms with Crippen molar-refractivity contribution in [3.63, 3.8) is 0 Å². The smallest absolute Gasteiger partial charge is 0.240 e. The van der Waals surface area contributed by atoms with E-state index in [2.05, 4.69) is 20.5 Å². The van der Waals surface area contributed by atoms with Gasteiger partial charge >= 0.3 is 0 Å². The van der Waals surface area contributed by atoms with Crippen LogP contribution in [-0.4, -0.2) is 27.5 Å². The number of hydrogen-bond donors (Lipinski definition) is 1. The Balaban J connectivity index is 1.88.